The van der Waals surface area contributed by atoms with Crippen LogP contribution in [0.2, 0.25) is 0 Å². The van der Waals surface area contributed by atoms with Crippen LogP contribution in [0.25, 0.3) is 0 Å². The summed E-state index contributed by atoms with van der Waals surface area (Å²) in [4.78, 5) is 13.2. The molecule has 1 heterocycles. The topological polar surface area (TPSA) is 40.5 Å². The maximum absolute atomic E-state index is 10.9. The summed E-state index contributed by atoms with van der Waals surface area (Å²) in [6.07, 6.45) is 2.34. The third kappa shape index (κ3) is 3.12. The molecule has 0 aromatic heterocycles. The van der Waals surface area contributed by atoms with Crippen LogP contribution in [0.4, 0.5) is 0 Å². The summed E-state index contributed by atoms with van der Waals surface area (Å²) in [5.74, 6) is -0.699. The van der Waals surface area contributed by atoms with E-state index in [0.717, 1.165) is 23.9 Å². The minimum atomic E-state index is -0.699. The maximum atomic E-state index is 10.9. The van der Waals surface area contributed by atoms with Crippen molar-refractivity contribution < 1.29 is 9.90 Å². The second-order valence-electron chi connectivity index (χ2n) is 4.86. The van der Waals surface area contributed by atoms with Crippen LogP contribution in [0.1, 0.15) is 37.8 Å². The van der Waals surface area contributed by atoms with E-state index in [0.29, 0.717) is 0 Å². The van der Waals surface area contributed by atoms with E-state index in [4.69, 9.17) is 5.11 Å². The molecule has 0 saturated carbocycles. The highest BCUT2D eigenvalue weighted by Gasteiger charge is 2.30. The first kappa shape index (κ1) is 13.6. The van der Waals surface area contributed by atoms with Gasteiger partial charge in [0, 0.05) is 16.6 Å². The summed E-state index contributed by atoms with van der Waals surface area (Å²) in [7, 11) is 0. The van der Waals surface area contributed by atoms with Crippen molar-refractivity contribution in [2.45, 2.75) is 38.3 Å². The van der Waals surface area contributed by atoms with Crippen molar-refractivity contribution in [2.75, 3.05) is 6.54 Å². The summed E-state index contributed by atoms with van der Waals surface area (Å²) < 4.78 is 1.07. The van der Waals surface area contributed by atoms with E-state index in [1.54, 1.807) is 0 Å². The van der Waals surface area contributed by atoms with Gasteiger partial charge >= 0.3 is 5.97 Å². The number of nitrogens with zero attached hydrogens (tertiary/aromatic N) is 1. The zero-order valence-electron chi connectivity index (χ0n) is 10.5. The summed E-state index contributed by atoms with van der Waals surface area (Å²) in [6.45, 7) is 3.15. The van der Waals surface area contributed by atoms with E-state index in [1.165, 1.54) is 5.56 Å². The van der Waals surface area contributed by atoms with Gasteiger partial charge in [-0.1, -0.05) is 28.1 Å². The zero-order chi connectivity index (χ0) is 13.1. The van der Waals surface area contributed by atoms with E-state index in [9.17, 15) is 4.79 Å². The van der Waals surface area contributed by atoms with Gasteiger partial charge in [0.25, 0.3) is 0 Å². The van der Waals surface area contributed by atoms with Gasteiger partial charge in [-0.05, 0) is 44.0 Å². The molecule has 4 heteroatoms. The van der Waals surface area contributed by atoms with E-state index >= 15 is 0 Å². The van der Waals surface area contributed by atoms with Crippen molar-refractivity contribution >= 4 is 21.9 Å². The van der Waals surface area contributed by atoms with Gasteiger partial charge in [0.15, 0.2) is 0 Å². The van der Waals surface area contributed by atoms with E-state index in [2.05, 4.69) is 39.9 Å². The van der Waals surface area contributed by atoms with Crippen molar-refractivity contribution in [3.8, 4) is 0 Å². The number of hydrogen-bond acceptors (Lipinski definition) is 2. The van der Waals surface area contributed by atoms with E-state index in [1.807, 2.05) is 12.1 Å². The number of hydrogen-bond donors (Lipinski definition) is 1. The van der Waals surface area contributed by atoms with Crippen LogP contribution in [0.3, 0.4) is 0 Å². The molecular weight excluding hydrogens is 294 g/mol. The van der Waals surface area contributed by atoms with Crippen molar-refractivity contribution in [2.24, 2.45) is 0 Å². The molecule has 18 heavy (non-hydrogen) atoms. The second-order valence-corrected chi connectivity index (χ2v) is 5.77. The Bertz CT molecular complexity index is 418. The molecule has 2 unspecified atom stereocenters. The third-order valence-electron chi connectivity index (χ3n) is 3.68. The minimum Gasteiger partial charge on any atom is -0.481 e. The molecular formula is C14H18BrNO2. The van der Waals surface area contributed by atoms with Crippen molar-refractivity contribution in [3.63, 3.8) is 0 Å². The lowest BCUT2D eigenvalue weighted by atomic mass is 10.0. The Morgan fingerprint density at radius 1 is 1.50 bits per heavy atom. The molecule has 0 spiro atoms. The fraction of sp³-hybridized carbons (Fsp3) is 0.500. The van der Waals surface area contributed by atoms with Crippen molar-refractivity contribution in [1.82, 2.24) is 4.90 Å². The van der Waals surface area contributed by atoms with Gasteiger partial charge in [-0.3, -0.25) is 9.69 Å². The highest BCUT2D eigenvalue weighted by atomic mass is 79.9. The number of benzene rings is 1. The van der Waals surface area contributed by atoms with E-state index in [-0.39, 0.29) is 18.5 Å². The maximum Gasteiger partial charge on any atom is 0.304 e. The number of carboxylic acid groups (broad SMARTS) is 1. The standard InChI is InChI=1S/C14H18BrNO2/c1-10(11-4-6-12(15)7-5-11)16-8-2-3-13(16)9-14(17)18/h4-7,10,13H,2-3,8-9H2,1H3,(H,17,18). The van der Waals surface area contributed by atoms with Crippen molar-refractivity contribution in [1.29, 1.82) is 0 Å². The largest absolute Gasteiger partial charge is 0.481 e. The lowest BCUT2D eigenvalue weighted by Crippen LogP contribution is -2.33. The molecule has 1 N–H and O–H groups in total. The van der Waals surface area contributed by atoms with Crippen molar-refractivity contribution in [3.05, 3.63) is 34.3 Å². The fourth-order valence-electron chi connectivity index (χ4n) is 2.72. The van der Waals surface area contributed by atoms with Gasteiger partial charge in [-0.15, -0.1) is 0 Å². The fourth-order valence-corrected chi connectivity index (χ4v) is 2.99. The highest BCUT2D eigenvalue weighted by molar-refractivity contribution is 9.10. The summed E-state index contributed by atoms with van der Waals surface area (Å²) in [5.41, 5.74) is 1.25. The van der Waals surface area contributed by atoms with Gasteiger partial charge in [-0.25, -0.2) is 0 Å². The Hall–Kier alpha value is -0.870. The number of carboxylic acids is 1. The summed E-state index contributed by atoms with van der Waals surface area (Å²) in [6, 6.07) is 8.74. The minimum absolute atomic E-state index is 0.182. The van der Waals surface area contributed by atoms with Gasteiger partial charge in [0.2, 0.25) is 0 Å². The Balaban J connectivity index is 2.09. The monoisotopic (exact) mass is 311 g/mol. The second kappa shape index (κ2) is 5.85. The quantitative estimate of drug-likeness (QED) is 0.926. The van der Waals surface area contributed by atoms with Gasteiger partial charge in [-0.2, -0.15) is 0 Å². The van der Waals surface area contributed by atoms with Crippen LogP contribution >= 0.6 is 15.9 Å². The van der Waals surface area contributed by atoms with Gasteiger partial charge in [0.1, 0.15) is 0 Å². The van der Waals surface area contributed by atoms with Gasteiger partial charge in [0.05, 0.1) is 6.42 Å². The average molecular weight is 312 g/mol. The third-order valence-corrected chi connectivity index (χ3v) is 4.21. The lowest BCUT2D eigenvalue weighted by Gasteiger charge is -2.30. The summed E-state index contributed by atoms with van der Waals surface area (Å²) in [5, 5.41) is 8.95. The molecule has 0 bridgehead atoms. The predicted molar refractivity (Wildman–Crippen MR) is 74.5 cm³/mol. The predicted octanol–water partition coefficient (Wildman–Crippen LogP) is 3.45. The van der Waals surface area contributed by atoms with Crippen LogP contribution in [0.5, 0.6) is 0 Å². The Kier molecular flexibility index (Phi) is 4.40. The molecule has 98 valence electrons. The van der Waals surface area contributed by atoms with Gasteiger partial charge < -0.3 is 5.11 Å². The molecule has 3 nitrogen and oxygen atoms in total. The molecule has 1 fully saturated rings. The molecule has 1 saturated heterocycles. The van der Waals surface area contributed by atoms with E-state index < -0.39 is 5.97 Å². The molecule has 1 aromatic carbocycles. The Labute approximate surface area is 116 Å². The molecule has 2 atom stereocenters. The molecule has 1 aliphatic heterocycles. The molecule has 2 rings (SSSR count). The van der Waals surface area contributed by atoms with Crippen LogP contribution < -0.4 is 0 Å². The molecule has 1 aromatic rings. The zero-order valence-corrected chi connectivity index (χ0v) is 12.1. The number of aliphatic carboxylic acids is 1. The van der Waals surface area contributed by atoms with Crippen LogP contribution in [-0.4, -0.2) is 28.6 Å². The number of carbonyl (C=O) groups is 1. The van der Waals surface area contributed by atoms with Crippen LogP contribution in [0.15, 0.2) is 28.7 Å². The summed E-state index contributed by atoms with van der Waals surface area (Å²) >= 11 is 3.43. The first-order valence-electron chi connectivity index (χ1n) is 6.31. The SMILES string of the molecule is CC(c1ccc(Br)cc1)N1CCCC1CC(=O)O. The smallest absolute Gasteiger partial charge is 0.304 e. The molecule has 0 radical (unpaired) electrons. The van der Waals surface area contributed by atoms with Crippen LogP contribution in [-0.2, 0) is 4.79 Å². The van der Waals surface area contributed by atoms with Crippen LogP contribution in [0, 0.1) is 0 Å². The lowest BCUT2D eigenvalue weighted by molar-refractivity contribution is -0.138. The molecule has 0 amide bonds. The Morgan fingerprint density at radius 2 is 2.17 bits per heavy atom. The number of halogens is 1. The highest BCUT2D eigenvalue weighted by Crippen LogP contribution is 2.31. The molecule has 0 aliphatic carbocycles. The average Bonchev–Trinajstić information content (AvgIpc) is 2.76. The number of rotatable bonds is 4. The Morgan fingerprint density at radius 3 is 2.78 bits per heavy atom. The normalized spacial score (nSPS) is 22.0. The first-order valence-corrected chi connectivity index (χ1v) is 7.10. The molecule has 1 aliphatic rings. The first-order chi connectivity index (χ1) is 8.58. The number of likely N-dealkylation sites (tertiary alicyclic amines) is 1.